The van der Waals surface area contributed by atoms with Crippen LogP contribution in [0.5, 0.6) is 0 Å². The summed E-state index contributed by atoms with van der Waals surface area (Å²) in [6.45, 7) is 11.3. The monoisotopic (exact) mass is 1600 g/mol. The van der Waals surface area contributed by atoms with Crippen molar-refractivity contribution in [3.8, 4) is 67.2 Å². The number of ether oxygens (including phenoxy) is 2. The quantitative estimate of drug-likeness (QED) is 0.0411. The highest BCUT2D eigenvalue weighted by atomic mass is 35.5. The van der Waals surface area contributed by atoms with Crippen LogP contribution < -0.4 is 27.6 Å². The Labute approximate surface area is 692 Å². The molecule has 0 saturated heterocycles. The van der Waals surface area contributed by atoms with Crippen molar-refractivity contribution in [2.45, 2.75) is 178 Å². The van der Waals surface area contributed by atoms with Gasteiger partial charge in [0.25, 0.3) is 0 Å². The van der Waals surface area contributed by atoms with Gasteiger partial charge in [0.05, 0.1) is 50.6 Å². The first-order valence-corrected chi connectivity index (χ1v) is 40.2. The molecular formula is C94H97Cl2N15O6. The molecule has 20 rings (SSSR count). The van der Waals surface area contributed by atoms with Gasteiger partial charge in [0, 0.05) is 85.5 Å². The molecule has 6 aliphatic rings. The van der Waals surface area contributed by atoms with Crippen LogP contribution in [0.1, 0.15) is 178 Å². The number of carbonyl (C=O) groups is 3. The number of alkyl carbamates (subject to hydrolysis) is 2. The molecule has 21 nitrogen and oxygen atoms in total. The first kappa shape index (κ1) is 80.4. The number of hydrogen-bond donors (Lipinski definition) is 6. The van der Waals surface area contributed by atoms with Crippen molar-refractivity contribution in [1.29, 1.82) is 0 Å². The third-order valence-corrected chi connectivity index (χ3v) is 23.0. The number of aromatic nitrogens is 10. The zero-order chi connectivity index (χ0) is 79.4. The Bertz CT molecular complexity index is 5970. The summed E-state index contributed by atoms with van der Waals surface area (Å²) in [4.78, 5) is 54.6. The Morgan fingerprint density at radius 1 is 0.444 bits per heavy atom. The molecule has 6 fully saturated rings. The fourth-order valence-electron chi connectivity index (χ4n) is 15.9. The SMILES string of the molecule is CC(C)(C)OC(=O)NC1(c2ccc(-c3nc4ccn5c(C6CC6)nnc5c4cc3-c3ccccc3)cc2)CCC1.CC(C)(C)OC(=O)NC1(c2ccc(-c3nc4ccnc(NN)c4cc3-c3ccccc3)cc2)CCC1.Cl.Cl.NC1(c2ccc(-c3nc4ccn5c(C6CC6)nnc5c4cc3-c3ccccc3)cc2)CCC1.O=C(O)C1CC1. The lowest BCUT2D eigenvalue weighted by Crippen LogP contribution is -2.52. The second kappa shape index (κ2) is 32.7. The number of aliphatic carboxylic acids is 1. The first-order valence-electron chi connectivity index (χ1n) is 40.2. The minimum atomic E-state index is -0.630. The van der Waals surface area contributed by atoms with Crippen LogP contribution in [0.15, 0.2) is 219 Å². The van der Waals surface area contributed by atoms with Crippen LogP contribution >= 0.6 is 24.8 Å². The number of carboxylic acids is 1. The number of anilines is 1. The van der Waals surface area contributed by atoms with E-state index in [0.717, 1.165) is 198 Å². The largest absolute Gasteiger partial charge is 0.481 e. The summed E-state index contributed by atoms with van der Waals surface area (Å²) in [5.41, 5.74) is 27.3. The van der Waals surface area contributed by atoms with Crippen LogP contribution in [0.2, 0.25) is 0 Å². The molecule has 0 unspecified atom stereocenters. The molecule has 23 heteroatoms. The number of nitrogens with one attached hydrogen (secondary N) is 3. The van der Waals surface area contributed by atoms with Crippen molar-refractivity contribution in [3.63, 3.8) is 0 Å². The molecule has 6 aromatic carbocycles. The fourth-order valence-corrected chi connectivity index (χ4v) is 15.9. The minimum absolute atomic E-state index is 0. The lowest BCUT2D eigenvalue weighted by atomic mass is 9.71. The average molecular weight is 1600 g/mol. The number of pyridine rings is 6. The van der Waals surface area contributed by atoms with Gasteiger partial charge in [0.2, 0.25) is 0 Å². The molecule has 14 aromatic rings. The Hall–Kier alpha value is -11.8. The topological polar surface area (TPSA) is 290 Å². The number of nitrogen functional groups attached to an aromatic ring is 1. The summed E-state index contributed by atoms with van der Waals surface area (Å²) in [5, 5.41) is 35.4. The van der Waals surface area contributed by atoms with E-state index in [1.807, 2.05) is 77.9 Å². The van der Waals surface area contributed by atoms with E-state index in [0.29, 0.717) is 17.7 Å². The summed E-state index contributed by atoms with van der Waals surface area (Å²) in [7, 11) is 0. The zero-order valence-corrected chi connectivity index (χ0v) is 68.2. The number of carbonyl (C=O) groups excluding carboxylic acids is 2. The van der Waals surface area contributed by atoms with E-state index in [9.17, 15) is 14.4 Å². The van der Waals surface area contributed by atoms with Gasteiger partial charge in [-0.1, -0.05) is 164 Å². The molecule has 2 amide bonds. The maximum atomic E-state index is 12.6. The summed E-state index contributed by atoms with van der Waals surface area (Å²) in [5.74, 6) is 8.85. The number of fused-ring (bicyclic) bond motifs is 7. The van der Waals surface area contributed by atoms with E-state index in [1.54, 1.807) is 6.20 Å². The van der Waals surface area contributed by atoms with Crippen molar-refractivity contribution in [2.75, 3.05) is 5.43 Å². The van der Waals surface area contributed by atoms with Gasteiger partial charge in [-0.15, -0.1) is 45.2 Å². The van der Waals surface area contributed by atoms with Crippen LogP contribution in [0.3, 0.4) is 0 Å². The van der Waals surface area contributed by atoms with Crippen molar-refractivity contribution in [1.82, 2.24) is 59.8 Å². The Morgan fingerprint density at radius 2 is 0.803 bits per heavy atom. The predicted octanol–water partition coefficient (Wildman–Crippen LogP) is 20.7. The molecule has 117 heavy (non-hydrogen) atoms. The van der Waals surface area contributed by atoms with Gasteiger partial charge in [0.1, 0.15) is 28.7 Å². The molecule has 0 bridgehead atoms. The molecule has 8 N–H and O–H groups in total. The number of amides is 2. The van der Waals surface area contributed by atoms with E-state index >= 15 is 0 Å². The van der Waals surface area contributed by atoms with Crippen molar-refractivity contribution in [3.05, 3.63) is 247 Å². The number of nitrogens with zero attached hydrogens (tertiary/aromatic N) is 10. The molecule has 6 aliphatic carbocycles. The second-order valence-corrected chi connectivity index (χ2v) is 33.7. The Balaban J connectivity index is 0.000000132. The molecule has 0 spiro atoms. The highest BCUT2D eigenvalue weighted by molar-refractivity contribution is 6.01. The third-order valence-electron chi connectivity index (χ3n) is 23.0. The van der Waals surface area contributed by atoms with Gasteiger partial charge >= 0.3 is 18.2 Å². The lowest BCUT2D eigenvalue weighted by Gasteiger charge is -2.43. The number of hydrazine groups is 1. The molecule has 0 atom stereocenters. The summed E-state index contributed by atoms with van der Waals surface area (Å²) >= 11 is 0. The van der Waals surface area contributed by atoms with E-state index in [2.05, 4.69) is 226 Å². The average Bonchev–Trinajstić information content (AvgIpc) is 1.59. The molecule has 8 aromatic heterocycles. The molecule has 598 valence electrons. The number of nitrogens with two attached hydrogens (primary N) is 2. The van der Waals surface area contributed by atoms with Crippen LogP contribution in [0.25, 0.3) is 111 Å². The van der Waals surface area contributed by atoms with Crippen molar-refractivity contribution >= 4 is 92.8 Å². The van der Waals surface area contributed by atoms with Crippen LogP contribution in [0.4, 0.5) is 15.4 Å². The molecular weight excluding hydrogens is 1510 g/mol. The van der Waals surface area contributed by atoms with E-state index in [1.165, 1.54) is 37.7 Å². The van der Waals surface area contributed by atoms with Gasteiger partial charge in [-0.25, -0.2) is 35.4 Å². The standard InChI is InChI=1S/C33H33N5O2.C29H31N5O2.C28H25N5.C4H6O2.2ClH/c1-32(2,3)40-31(39)35-33(17-7-18-33)24-14-12-22(13-15-24)28-25(21-8-5-4-6-9-21)20-26-27(34-28)16-19-38-29(23-10-11-23)36-37-30(26)38;1-28(2,3)36-27(35)33-29(15-7-16-29)21-12-10-20(11-13-21)25-22(19-8-5-4-6-9-19)18-23-24(32-25)14-17-31-26(23)34-30;29-28(14-4-15-28)21-11-9-19(10-12-21)25-22(18-5-2-1-3-6-18)17-23-24(30-25)13-16-33-26(20-7-8-20)31-32-27(23)33;5-4(6)3-1-2-3;;/h4-6,8-9,12-16,19-20,23H,7,10-11,17-18H2,1-3H3,(H,35,39);4-6,8-14,17-18H,7,15-16,30H2,1-3H3,(H,31,34)(H,33,35);1-3,5-6,9-13,16-17,20H,4,7-8,14-15,29H2;3H,1-2H2,(H,5,6);2*1H. The molecule has 0 aliphatic heterocycles. The first-order chi connectivity index (χ1) is 55.6. The smallest absolute Gasteiger partial charge is 0.408 e. The highest BCUT2D eigenvalue weighted by Gasteiger charge is 2.43. The highest BCUT2D eigenvalue weighted by Crippen LogP contribution is 2.48. The third kappa shape index (κ3) is 17.0. The van der Waals surface area contributed by atoms with Gasteiger partial charge < -0.3 is 36.4 Å². The fraction of sp³-hybridized carbons (Fsp3) is 0.309. The summed E-state index contributed by atoms with van der Waals surface area (Å²) < 4.78 is 15.4. The van der Waals surface area contributed by atoms with Gasteiger partial charge in [-0.05, 0) is 208 Å². The maximum absolute atomic E-state index is 12.6. The number of hydrogen-bond acceptors (Lipinski definition) is 16. The zero-order valence-electron chi connectivity index (χ0n) is 66.6. The Kier molecular flexibility index (Phi) is 22.5. The maximum Gasteiger partial charge on any atom is 0.408 e. The predicted molar refractivity (Wildman–Crippen MR) is 465 cm³/mol. The normalized spacial score (nSPS) is 16.1. The van der Waals surface area contributed by atoms with E-state index in [-0.39, 0.29) is 48.5 Å². The van der Waals surface area contributed by atoms with E-state index in [4.69, 9.17) is 41.1 Å². The minimum Gasteiger partial charge on any atom is -0.481 e. The number of halogens is 2. The van der Waals surface area contributed by atoms with Crippen LogP contribution in [-0.2, 0) is 30.9 Å². The van der Waals surface area contributed by atoms with Crippen LogP contribution in [0, 0.1) is 5.92 Å². The van der Waals surface area contributed by atoms with Gasteiger partial charge in [-0.3, -0.25) is 13.6 Å². The van der Waals surface area contributed by atoms with Gasteiger partial charge in [0.15, 0.2) is 11.3 Å². The lowest BCUT2D eigenvalue weighted by molar-refractivity contribution is -0.138. The van der Waals surface area contributed by atoms with Crippen LogP contribution in [-0.4, -0.2) is 83.6 Å². The number of rotatable bonds is 15. The Morgan fingerprint density at radius 3 is 1.11 bits per heavy atom. The van der Waals surface area contributed by atoms with Crippen molar-refractivity contribution in [2.24, 2.45) is 17.5 Å². The number of benzene rings is 6. The van der Waals surface area contributed by atoms with Crippen molar-refractivity contribution < 1.29 is 29.0 Å². The van der Waals surface area contributed by atoms with E-state index < -0.39 is 28.2 Å². The molecule has 6 saturated carbocycles. The second-order valence-electron chi connectivity index (χ2n) is 33.7. The van der Waals surface area contributed by atoms with Gasteiger partial charge in [-0.2, -0.15) is 0 Å². The summed E-state index contributed by atoms with van der Waals surface area (Å²) in [6, 6.07) is 69.1. The molecule has 8 heterocycles. The number of carboxylic acid groups (broad SMARTS) is 1. The molecule has 0 radical (unpaired) electrons. The summed E-state index contributed by atoms with van der Waals surface area (Å²) in [6.07, 6.45) is 20.6.